The lowest BCUT2D eigenvalue weighted by molar-refractivity contribution is -0.0584. The number of hydrogen-bond acceptors (Lipinski definition) is 0. The Kier molecular flexibility index (Phi) is 14.8. The number of hydrogen-bond donors (Lipinski definition) is 0. The Bertz CT molecular complexity index is 1010. The predicted molar refractivity (Wildman–Crippen MR) is 219 cm³/mol. The molecule has 0 nitrogen and oxygen atoms in total. The zero-order valence-electron chi connectivity index (χ0n) is 33.8. The highest BCUT2D eigenvalue weighted by molar-refractivity contribution is 5.03. The monoisotopic (exact) mass is 685 g/mol. The molecule has 0 spiro atoms. The normalized spacial score (nSPS) is 46.1. The van der Waals surface area contributed by atoms with Gasteiger partial charge in [-0.15, -0.1) is 19.7 Å². The van der Waals surface area contributed by atoms with Crippen molar-refractivity contribution in [2.75, 3.05) is 0 Å². The molecule has 6 rings (SSSR count). The van der Waals surface area contributed by atoms with Crippen LogP contribution in [0.15, 0.2) is 38.0 Å². The Hall–Kier alpha value is -0.780. The van der Waals surface area contributed by atoms with Crippen LogP contribution >= 0.6 is 0 Å². The topological polar surface area (TPSA) is 0 Å². The van der Waals surface area contributed by atoms with Crippen molar-refractivity contribution in [2.45, 2.75) is 181 Å². The van der Waals surface area contributed by atoms with Crippen LogP contribution in [0, 0.1) is 94.7 Å². The Morgan fingerprint density at radius 1 is 0.420 bits per heavy atom. The summed E-state index contributed by atoms with van der Waals surface area (Å²) in [7, 11) is 0. The summed E-state index contributed by atoms with van der Waals surface area (Å²) in [6.07, 6.45) is 44.3. The van der Waals surface area contributed by atoms with E-state index in [2.05, 4.69) is 58.7 Å². The van der Waals surface area contributed by atoms with Gasteiger partial charge >= 0.3 is 0 Å². The van der Waals surface area contributed by atoms with Gasteiger partial charge in [0, 0.05) is 0 Å². The van der Waals surface area contributed by atoms with Crippen molar-refractivity contribution in [2.24, 2.45) is 94.7 Å². The standard InChI is InChI=1S/C50H84/c1-7-13-42-28-30-44(40-23-17-36(10-4)18-24-40)32-48(42)50-34-45(41-25-19-37(11-5)20-26-41)33-49(46(50)14-8-2)47-31-43(29-27-38(47)12-6)39-21-15-35(9-3)16-22-39/h9-10,12,35-50H,3-4,6-8,11,13-34H2,1-2,5H3. The number of rotatable bonds is 13. The van der Waals surface area contributed by atoms with E-state index >= 15 is 0 Å². The van der Waals surface area contributed by atoms with Crippen molar-refractivity contribution in [3.05, 3.63) is 38.0 Å². The highest BCUT2D eigenvalue weighted by Gasteiger charge is 2.51. The smallest absolute Gasteiger partial charge is 0.0205 e. The molecule has 0 saturated heterocycles. The molecule has 0 heterocycles. The second-order valence-corrected chi connectivity index (χ2v) is 19.9. The fraction of sp³-hybridized carbons (Fsp3) is 0.880. The molecule has 6 fully saturated rings. The molecule has 0 heteroatoms. The van der Waals surface area contributed by atoms with Crippen LogP contribution in [0.2, 0.25) is 0 Å². The second kappa shape index (κ2) is 19.0. The summed E-state index contributed by atoms with van der Waals surface area (Å²) in [5.74, 6) is 15.1. The molecule has 6 aliphatic rings. The first kappa shape index (κ1) is 38.9. The average Bonchev–Trinajstić information content (AvgIpc) is 3.18. The maximum Gasteiger partial charge on any atom is -0.0205 e. The maximum absolute atomic E-state index is 4.59. The maximum atomic E-state index is 4.59. The van der Waals surface area contributed by atoms with Gasteiger partial charge in [-0.1, -0.05) is 83.9 Å². The molecule has 284 valence electrons. The molecule has 6 aliphatic carbocycles. The third-order valence-electron chi connectivity index (χ3n) is 17.8. The van der Waals surface area contributed by atoms with Crippen LogP contribution in [-0.2, 0) is 0 Å². The van der Waals surface area contributed by atoms with Crippen molar-refractivity contribution in [3.63, 3.8) is 0 Å². The molecule has 0 bridgehead atoms. The Morgan fingerprint density at radius 3 is 1.40 bits per heavy atom. The first-order valence-electron chi connectivity index (χ1n) is 23.4. The molecule has 0 aliphatic heterocycles. The Labute approximate surface area is 313 Å². The van der Waals surface area contributed by atoms with E-state index < -0.39 is 0 Å². The van der Waals surface area contributed by atoms with Crippen LogP contribution in [-0.4, -0.2) is 0 Å². The molecule has 0 aromatic rings. The summed E-state index contributed by atoms with van der Waals surface area (Å²) in [5.41, 5.74) is 0. The predicted octanol–water partition coefficient (Wildman–Crippen LogP) is 15.3. The average molecular weight is 685 g/mol. The zero-order chi connectivity index (χ0) is 35.0. The largest absolute Gasteiger partial charge is 0.103 e. The first-order chi connectivity index (χ1) is 24.5. The van der Waals surface area contributed by atoms with Crippen molar-refractivity contribution >= 4 is 0 Å². The zero-order valence-corrected chi connectivity index (χ0v) is 33.8. The second-order valence-electron chi connectivity index (χ2n) is 19.9. The van der Waals surface area contributed by atoms with Crippen molar-refractivity contribution in [1.82, 2.24) is 0 Å². The highest BCUT2D eigenvalue weighted by atomic mass is 14.6. The summed E-state index contributed by atoms with van der Waals surface area (Å²) in [6, 6.07) is 0. The van der Waals surface area contributed by atoms with Crippen molar-refractivity contribution in [1.29, 1.82) is 0 Å². The lowest BCUT2D eigenvalue weighted by Gasteiger charge is -2.56. The molecular formula is C50H84. The Balaban J connectivity index is 1.29. The van der Waals surface area contributed by atoms with E-state index in [1.807, 2.05) is 0 Å². The minimum absolute atomic E-state index is 0.765. The van der Waals surface area contributed by atoms with Crippen LogP contribution < -0.4 is 0 Å². The van der Waals surface area contributed by atoms with E-state index in [-0.39, 0.29) is 0 Å². The SMILES string of the molecule is C=CC1CCC(C2CCC(C=C)C(C3CC(C4CCC(CC)CC4)CC(C4CC(C5CCC(C=C)CC5)CCC4CCC)C3CCC)C2)CC1. The van der Waals surface area contributed by atoms with Gasteiger partial charge in [0.2, 0.25) is 0 Å². The fourth-order valence-corrected chi connectivity index (χ4v) is 14.8. The van der Waals surface area contributed by atoms with Crippen LogP contribution in [0.3, 0.4) is 0 Å². The molecule has 50 heavy (non-hydrogen) atoms. The van der Waals surface area contributed by atoms with E-state index in [0.717, 1.165) is 94.7 Å². The third kappa shape index (κ3) is 9.11. The molecule has 0 N–H and O–H groups in total. The van der Waals surface area contributed by atoms with Gasteiger partial charge in [-0.05, 0) is 210 Å². The number of allylic oxidation sites excluding steroid dienone is 3. The lowest BCUT2D eigenvalue weighted by atomic mass is 9.49. The summed E-state index contributed by atoms with van der Waals surface area (Å²) in [5, 5.41) is 0. The summed E-state index contributed by atoms with van der Waals surface area (Å²) in [4.78, 5) is 0. The van der Waals surface area contributed by atoms with Crippen LogP contribution in [0.1, 0.15) is 181 Å². The van der Waals surface area contributed by atoms with Crippen LogP contribution in [0.5, 0.6) is 0 Å². The first-order valence-corrected chi connectivity index (χ1v) is 23.4. The minimum Gasteiger partial charge on any atom is -0.103 e. The molecule has 0 radical (unpaired) electrons. The molecule has 0 aromatic heterocycles. The van der Waals surface area contributed by atoms with Gasteiger partial charge in [0.05, 0.1) is 0 Å². The van der Waals surface area contributed by atoms with Gasteiger partial charge < -0.3 is 0 Å². The quantitative estimate of drug-likeness (QED) is 0.169. The van der Waals surface area contributed by atoms with E-state index in [9.17, 15) is 0 Å². The molecule has 10 atom stereocenters. The Morgan fingerprint density at radius 2 is 0.880 bits per heavy atom. The summed E-state index contributed by atoms with van der Waals surface area (Å²) < 4.78 is 0. The van der Waals surface area contributed by atoms with Crippen LogP contribution in [0.25, 0.3) is 0 Å². The third-order valence-corrected chi connectivity index (χ3v) is 17.8. The molecule has 0 amide bonds. The van der Waals surface area contributed by atoms with Gasteiger partial charge in [-0.2, -0.15) is 0 Å². The van der Waals surface area contributed by atoms with E-state index in [4.69, 9.17) is 0 Å². The molecule has 0 aromatic carbocycles. The lowest BCUT2D eigenvalue weighted by Crippen LogP contribution is -2.47. The van der Waals surface area contributed by atoms with E-state index in [1.54, 1.807) is 44.9 Å². The van der Waals surface area contributed by atoms with Gasteiger partial charge in [0.1, 0.15) is 0 Å². The summed E-state index contributed by atoms with van der Waals surface area (Å²) in [6.45, 7) is 20.5. The molecule has 10 unspecified atom stereocenters. The summed E-state index contributed by atoms with van der Waals surface area (Å²) >= 11 is 0. The van der Waals surface area contributed by atoms with Gasteiger partial charge in [-0.3, -0.25) is 0 Å². The van der Waals surface area contributed by atoms with Crippen molar-refractivity contribution in [3.8, 4) is 0 Å². The van der Waals surface area contributed by atoms with Crippen LogP contribution in [0.4, 0.5) is 0 Å². The fourth-order valence-electron chi connectivity index (χ4n) is 14.8. The highest BCUT2D eigenvalue weighted by Crippen LogP contribution is 2.59. The van der Waals surface area contributed by atoms with E-state index in [1.165, 1.54) is 116 Å². The van der Waals surface area contributed by atoms with Gasteiger partial charge in [-0.25, -0.2) is 0 Å². The van der Waals surface area contributed by atoms with E-state index in [0.29, 0.717) is 0 Å². The molecule has 6 saturated carbocycles. The van der Waals surface area contributed by atoms with Gasteiger partial charge in [0.15, 0.2) is 0 Å². The minimum atomic E-state index is 0.765. The van der Waals surface area contributed by atoms with Crippen molar-refractivity contribution < 1.29 is 0 Å². The molecular weight excluding hydrogens is 601 g/mol. The van der Waals surface area contributed by atoms with Gasteiger partial charge in [0.25, 0.3) is 0 Å².